The second-order valence-electron chi connectivity index (χ2n) is 4.87. The molecule has 108 valence electrons. The van der Waals surface area contributed by atoms with Crippen LogP contribution in [0.25, 0.3) is 0 Å². The predicted octanol–water partition coefficient (Wildman–Crippen LogP) is 2.02. The van der Waals surface area contributed by atoms with Gasteiger partial charge in [0.2, 0.25) is 16.9 Å². The van der Waals surface area contributed by atoms with Crippen molar-refractivity contribution < 1.29 is 9.59 Å². The Morgan fingerprint density at radius 1 is 1.33 bits per heavy atom. The average molecular weight is 302 g/mol. The molecule has 0 bridgehead atoms. The van der Waals surface area contributed by atoms with E-state index in [9.17, 15) is 9.59 Å². The van der Waals surface area contributed by atoms with E-state index in [1.165, 1.54) is 18.3 Å². The molecule has 1 aromatic carbocycles. The van der Waals surface area contributed by atoms with Gasteiger partial charge in [0.1, 0.15) is 5.01 Å². The lowest BCUT2D eigenvalue weighted by molar-refractivity contribution is -0.117. The summed E-state index contributed by atoms with van der Waals surface area (Å²) < 4.78 is 0. The van der Waals surface area contributed by atoms with Crippen LogP contribution in [0.2, 0.25) is 0 Å². The van der Waals surface area contributed by atoms with Crippen LogP contribution in [0.5, 0.6) is 0 Å². The normalized spacial score (nSPS) is 18.0. The molecule has 7 heteroatoms. The van der Waals surface area contributed by atoms with Crippen molar-refractivity contribution in [3.05, 3.63) is 35.3 Å². The van der Waals surface area contributed by atoms with E-state index in [2.05, 4.69) is 15.5 Å². The van der Waals surface area contributed by atoms with Gasteiger partial charge in [0.15, 0.2) is 0 Å². The van der Waals surface area contributed by atoms with Gasteiger partial charge in [0, 0.05) is 31.5 Å². The molecule has 21 heavy (non-hydrogen) atoms. The number of anilines is 2. The molecule has 3 rings (SSSR count). The zero-order chi connectivity index (χ0) is 14.8. The van der Waals surface area contributed by atoms with E-state index in [-0.39, 0.29) is 17.7 Å². The lowest BCUT2D eigenvalue weighted by Gasteiger charge is -2.15. The number of para-hydroxylation sites is 1. The number of amides is 2. The third-order valence-corrected chi connectivity index (χ3v) is 4.27. The SMILES string of the molecule is CC(=O)Nc1nnc([C@H]2CC(=O)N(c3ccccc3)C2)s1. The first kappa shape index (κ1) is 13.7. The van der Waals surface area contributed by atoms with Crippen molar-refractivity contribution in [1.82, 2.24) is 10.2 Å². The topological polar surface area (TPSA) is 75.2 Å². The second kappa shape index (κ2) is 5.61. The maximum Gasteiger partial charge on any atom is 0.227 e. The fraction of sp³-hybridized carbons (Fsp3) is 0.286. The number of nitrogens with zero attached hydrogens (tertiary/aromatic N) is 3. The zero-order valence-corrected chi connectivity index (χ0v) is 12.3. The first-order chi connectivity index (χ1) is 10.1. The van der Waals surface area contributed by atoms with Crippen molar-refractivity contribution in [2.24, 2.45) is 0 Å². The first-order valence-electron chi connectivity index (χ1n) is 6.60. The van der Waals surface area contributed by atoms with Crippen molar-refractivity contribution in [1.29, 1.82) is 0 Å². The molecule has 1 N–H and O–H groups in total. The maximum atomic E-state index is 12.2. The highest BCUT2D eigenvalue weighted by molar-refractivity contribution is 7.15. The molecule has 1 atom stereocenters. The van der Waals surface area contributed by atoms with E-state index >= 15 is 0 Å². The minimum Gasteiger partial charge on any atom is -0.312 e. The third-order valence-electron chi connectivity index (χ3n) is 3.27. The van der Waals surface area contributed by atoms with Gasteiger partial charge in [0.25, 0.3) is 0 Å². The van der Waals surface area contributed by atoms with Crippen molar-refractivity contribution in [3.8, 4) is 0 Å². The molecule has 0 aliphatic carbocycles. The number of carbonyl (C=O) groups excluding carboxylic acids is 2. The molecule has 1 fully saturated rings. The third kappa shape index (κ3) is 2.92. The fourth-order valence-electron chi connectivity index (χ4n) is 2.33. The van der Waals surface area contributed by atoms with Crippen LogP contribution in [0.15, 0.2) is 30.3 Å². The summed E-state index contributed by atoms with van der Waals surface area (Å²) in [6.07, 6.45) is 0.420. The van der Waals surface area contributed by atoms with Crippen LogP contribution in [-0.4, -0.2) is 28.6 Å². The lowest BCUT2D eigenvalue weighted by atomic mass is 10.1. The summed E-state index contributed by atoms with van der Waals surface area (Å²) in [5, 5.41) is 11.9. The molecule has 0 radical (unpaired) electrons. The van der Waals surface area contributed by atoms with Gasteiger partial charge in [0.05, 0.1) is 0 Å². The average Bonchev–Trinajstić information content (AvgIpc) is 3.06. The quantitative estimate of drug-likeness (QED) is 0.941. The van der Waals surface area contributed by atoms with Crippen LogP contribution in [0.4, 0.5) is 10.8 Å². The standard InChI is InChI=1S/C14H14N4O2S/c1-9(19)15-14-17-16-13(21-14)10-7-12(20)18(8-10)11-5-3-2-4-6-11/h2-6,10H,7-8H2,1H3,(H,15,17,19)/t10-/m0/s1. The van der Waals surface area contributed by atoms with Gasteiger partial charge in [-0.15, -0.1) is 10.2 Å². The Balaban J connectivity index is 1.75. The van der Waals surface area contributed by atoms with Gasteiger partial charge >= 0.3 is 0 Å². The van der Waals surface area contributed by atoms with E-state index in [0.29, 0.717) is 18.1 Å². The van der Waals surface area contributed by atoms with Crippen molar-refractivity contribution in [2.75, 3.05) is 16.8 Å². The summed E-state index contributed by atoms with van der Waals surface area (Å²) in [6.45, 7) is 2.02. The van der Waals surface area contributed by atoms with Crippen LogP contribution in [0.3, 0.4) is 0 Å². The smallest absolute Gasteiger partial charge is 0.227 e. The van der Waals surface area contributed by atoms with Gasteiger partial charge < -0.3 is 10.2 Å². The summed E-state index contributed by atoms with van der Waals surface area (Å²) in [5.41, 5.74) is 0.900. The van der Waals surface area contributed by atoms with Crippen molar-refractivity contribution >= 4 is 34.0 Å². The minimum absolute atomic E-state index is 0.0257. The van der Waals surface area contributed by atoms with Gasteiger partial charge in [-0.25, -0.2) is 0 Å². The molecule has 2 amide bonds. The van der Waals surface area contributed by atoms with E-state index in [1.807, 2.05) is 30.3 Å². The van der Waals surface area contributed by atoms with Crippen molar-refractivity contribution in [3.63, 3.8) is 0 Å². The molecule has 6 nitrogen and oxygen atoms in total. The zero-order valence-electron chi connectivity index (χ0n) is 11.4. The molecule has 0 unspecified atom stereocenters. The molecule has 1 saturated heterocycles. The van der Waals surface area contributed by atoms with E-state index in [1.54, 1.807) is 4.90 Å². The van der Waals surface area contributed by atoms with E-state index in [0.717, 1.165) is 10.7 Å². The van der Waals surface area contributed by atoms with Gasteiger partial charge in [-0.3, -0.25) is 9.59 Å². The Labute approximate surface area is 125 Å². The van der Waals surface area contributed by atoms with Gasteiger partial charge in [-0.05, 0) is 12.1 Å². The van der Waals surface area contributed by atoms with Crippen LogP contribution in [-0.2, 0) is 9.59 Å². The van der Waals surface area contributed by atoms with Crippen molar-refractivity contribution in [2.45, 2.75) is 19.3 Å². The maximum absolute atomic E-state index is 12.2. The molecular weight excluding hydrogens is 288 g/mol. The Bertz CT molecular complexity index is 671. The highest BCUT2D eigenvalue weighted by atomic mass is 32.1. The Morgan fingerprint density at radius 2 is 2.10 bits per heavy atom. The van der Waals surface area contributed by atoms with Gasteiger partial charge in [-0.1, -0.05) is 29.5 Å². The summed E-state index contributed by atoms with van der Waals surface area (Å²) in [7, 11) is 0. The molecule has 2 aromatic rings. The molecule has 1 aliphatic rings. The van der Waals surface area contributed by atoms with Crippen LogP contribution in [0.1, 0.15) is 24.3 Å². The lowest BCUT2D eigenvalue weighted by Crippen LogP contribution is -2.24. The van der Waals surface area contributed by atoms with Crippen LogP contribution < -0.4 is 10.2 Å². The number of aromatic nitrogens is 2. The molecule has 0 saturated carbocycles. The largest absolute Gasteiger partial charge is 0.312 e. The second-order valence-corrected chi connectivity index (χ2v) is 5.88. The number of hydrogen-bond acceptors (Lipinski definition) is 5. The summed E-state index contributed by atoms with van der Waals surface area (Å²) in [6, 6.07) is 9.59. The Kier molecular flexibility index (Phi) is 3.66. The number of nitrogens with one attached hydrogen (secondary N) is 1. The molecule has 1 aromatic heterocycles. The first-order valence-corrected chi connectivity index (χ1v) is 7.41. The summed E-state index contributed by atoms with van der Waals surface area (Å²) >= 11 is 1.32. The summed E-state index contributed by atoms with van der Waals surface area (Å²) in [5.74, 6) is -0.0636. The molecule has 2 heterocycles. The van der Waals surface area contributed by atoms with E-state index < -0.39 is 0 Å². The Hall–Kier alpha value is -2.28. The number of carbonyl (C=O) groups is 2. The predicted molar refractivity (Wildman–Crippen MR) is 80.4 cm³/mol. The molecular formula is C14H14N4O2S. The van der Waals surface area contributed by atoms with Gasteiger partial charge in [-0.2, -0.15) is 0 Å². The highest BCUT2D eigenvalue weighted by Gasteiger charge is 2.33. The number of benzene rings is 1. The number of rotatable bonds is 3. The minimum atomic E-state index is -0.175. The van der Waals surface area contributed by atoms with Crippen LogP contribution >= 0.6 is 11.3 Å². The summed E-state index contributed by atoms with van der Waals surface area (Å²) in [4.78, 5) is 24.9. The highest BCUT2D eigenvalue weighted by Crippen LogP contribution is 2.34. The van der Waals surface area contributed by atoms with E-state index in [4.69, 9.17) is 0 Å². The fourth-order valence-corrected chi connectivity index (χ4v) is 3.21. The Morgan fingerprint density at radius 3 is 2.81 bits per heavy atom. The molecule has 0 spiro atoms. The van der Waals surface area contributed by atoms with Crippen LogP contribution in [0, 0.1) is 0 Å². The monoisotopic (exact) mass is 302 g/mol. The number of hydrogen-bond donors (Lipinski definition) is 1. The molecule has 1 aliphatic heterocycles.